The van der Waals surface area contributed by atoms with Crippen LogP contribution >= 0.6 is 11.3 Å². The maximum Gasteiger partial charge on any atom is 0.325 e. The van der Waals surface area contributed by atoms with Gasteiger partial charge in [-0.2, -0.15) is 5.10 Å². The number of aromatic amines is 2. The van der Waals surface area contributed by atoms with Gasteiger partial charge < -0.3 is 4.98 Å². The van der Waals surface area contributed by atoms with Gasteiger partial charge in [-0.3, -0.25) is 19.2 Å². The molecule has 0 radical (unpaired) electrons. The predicted octanol–water partition coefficient (Wildman–Crippen LogP) is 1.84. The van der Waals surface area contributed by atoms with Crippen LogP contribution in [0.1, 0.15) is 5.56 Å². The van der Waals surface area contributed by atoms with E-state index >= 15 is 0 Å². The Bertz CT molecular complexity index is 1350. The Hall–Kier alpha value is -3.44. The van der Waals surface area contributed by atoms with Gasteiger partial charge in [-0.15, -0.1) is 11.3 Å². The molecule has 11 heteroatoms. The van der Waals surface area contributed by atoms with Crippen molar-refractivity contribution in [2.24, 2.45) is 0 Å². The fourth-order valence-corrected chi connectivity index (χ4v) is 4.73. The zero-order chi connectivity index (χ0) is 20.4. The van der Waals surface area contributed by atoms with E-state index in [1.54, 1.807) is 12.1 Å². The number of thiophene rings is 1. The van der Waals surface area contributed by atoms with Crippen LogP contribution in [-0.2, 0) is 16.6 Å². The van der Waals surface area contributed by atoms with Crippen molar-refractivity contribution in [3.05, 3.63) is 86.6 Å². The van der Waals surface area contributed by atoms with Crippen molar-refractivity contribution in [2.45, 2.75) is 11.4 Å². The van der Waals surface area contributed by atoms with E-state index in [-0.39, 0.29) is 16.3 Å². The van der Waals surface area contributed by atoms with Crippen molar-refractivity contribution in [3.63, 3.8) is 0 Å². The average Bonchev–Trinajstić information content (AvgIpc) is 3.35. The van der Waals surface area contributed by atoms with Crippen molar-refractivity contribution in [3.8, 4) is 10.6 Å². The number of benzene rings is 1. The highest BCUT2D eigenvalue weighted by Gasteiger charge is 2.25. The molecule has 0 atom stereocenters. The van der Waals surface area contributed by atoms with E-state index in [0.717, 1.165) is 11.8 Å². The maximum absolute atomic E-state index is 13.0. The van der Waals surface area contributed by atoms with Gasteiger partial charge in [-0.05, 0) is 17.0 Å². The summed E-state index contributed by atoms with van der Waals surface area (Å²) in [6.45, 7) is 0.383. The molecule has 29 heavy (non-hydrogen) atoms. The van der Waals surface area contributed by atoms with Crippen molar-refractivity contribution in [1.82, 2.24) is 19.7 Å². The summed E-state index contributed by atoms with van der Waals surface area (Å²) in [5.41, 5.74) is -0.622. The minimum atomic E-state index is -4.15. The molecule has 0 unspecified atom stereocenters. The first-order valence-electron chi connectivity index (χ1n) is 8.42. The molecule has 0 saturated carbocycles. The minimum absolute atomic E-state index is 0.0681. The lowest BCUT2D eigenvalue weighted by Gasteiger charge is -2.06. The number of aromatic nitrogens is 4. The Morgan fingerprint density at radius 1 is 1.10 bits per heavy atom. The molecule has 0 aliphatic heterocycles. The summed E-state index contributed by atoms with van der Waals surface area (Å²) in [6, 6.07) is 13.1. The van der Waals surface area contributed by atoms with Gasteiger partial charge in [0.25, 0.3) is 15.6 Å². The van der Waals surface area contributed by atoms with Crippen molar-refractivity contribution >= 4 is 27.0 Å². The van der Waals surface area contributed by atoms with E-state index in [1.165, 1.54) is 22.2 Å². The molecule has 3 aromatic heterocycles. The summed E-state index contributed by atoms with van der Waals surface area (Å²) < 4.78 is 29.8. The first-order chi connectivity index (χ1) is 13.9. The lowest BCUT2D eigenvalue weighted by molar-refractivity contribution is 0.601. The normalized spacial score (nSPS) is 11.4. The fourth-order valence-electron chi connectivity index (χ4n) is 2.72. The molecule has 0 aliphatic rings. The number of anilines is 1. The Balaban J connectivity index is 1.76. The summed E-state index contributed by atoms with van der Waals surface area (Å²) in [4.78, 5) is 27.9. The van der Waals surface area contributed by atoms with E-state index in [2.05, 4.69) is 14.8 Å². The van der Waals surface area contributed by atoms with Gasteiger partial charge in [-0.25, -0.2) is 13.2 Å². The standard InChI is InChI=1S/C18H15N5O4S2/c24-17-13(9-19-18(25)20-17)22-29(26,27)15-11-23(10-12-5-2-1-3-6-12)21-16(15)14-7-4-8-28-14/h1-9,11,22H,10H2,(H2,19,20,24,25). The maximum atomic E-state index is 13.0. The summed E-state index contributed by atoms with van der Waals surface area (Å²) in [7, 11) is -4.15. The summed E-state index contributed by atoms with van der Waals surface area (Å²) in [6.07, 6.45) is 2.43. The average molecular weight is 429 g/mol. The van der Waals surface area contributed by atoms with Gasteiger partial charge in [0, 0.05) is 12.4 Å². The molecule has 4 rings (SSSR count). The number of rotatable bonds is 6. The number of nitrogens with zero attached hydrogens (tertiary/aromatic N) is 2. The Morgan fingerprint density at radius 2 is 1.90 bits per heavy atom. The Kier molecular flexibility index (Phi) is 4.91. The highest BCUT2D eigenvalue weighted by Crippen LogP contribution is 2.30. The topological polar surface area (TPSA) is 130 Å². The van der Waals surface area contributed by atoms with E-state index in [4.69, 9.17) is 0 Å². The van der Waals surface area contributed by atoms with E-state index in [9.17, 15) is 18.0 Å². The van der Waals surface area contributed by atoms with E-state index in [0.29, 0.717) is 11.4 Å². The molecule has 3 N–H and O–H groups in total. The second-order valence-corrected chi connectivity index (χ2v) is 8.69. The molecule has 3 heterocycles. The molecule has 0 spiro atoms. The number of nitrogens with one attached hydrogen (secondary N) is 3. The van der Waals surface area contributed by atoms with Gasteiger partial charge in [0.05, 0.1) is 11.4 Å². The minimum Gasteiger partial charge on any atom is -0.312 e. The number of hydrogen-bond acceptors (Lipinski definition) is 6. The van der Waals surface area contributed by atoms with Gasteiger partial charge >= 0.3 is 5.69 Å². The number of hydrogen-bond donors (Lipinski definition) is 3. The molecule has 1 aromatic carbocycles. The Labute approximate surface area is 168 Å². The van der Waals surface area contributed by atoms with Crippen LogP contribution in [0.25, 0.3) is 10.6 Å². The second-order valence-electron chi connectivity index (χ2n) is 6.09. The van der Waals surface area contributed by atoms with Crippen LogP contribution < -0.4 is 16.0 Å². The van der Waals surface area contributed by atoms with Crippen LogP contribution in [0.4, 0.5) is 5.69 Å². The molecule has 4 aromatic rings. The molecule has 148 valence electrons. The largest absolute Gasteiger partial charge is 0.325 e. The molecular weight excluding hydrogens is 414 g/mol. The monoisotopic (exact) mass is 429 g/mol. The first kappa shape index (κ1) is 18.9. The van der Waals surface area contributed by atoms with Gasteiger partial charge in [-0.1, -0.05) is 36.4 Å². The van der Waals surface area contributed by atoms with Crippen LogP contribution in [0, 0.1) is 0 Å². The second kappa shape index (κ2) is 7.53. The third kappa shape index (κ3) is 4.05. The Morgan fingerprint density at radius 3 is 2.59 bits per heavy atom. The molecule has 0 aliphatic carbocycles. The molecule has 0 bridgehead atoms. The van der Waals surface area contributed by atoms with Crippen molar-refractivity contribution in [1.29, 1.82) is 0 Å². The lowest BCUT2D eigenvalue weighted by Crippen LogP contribution is -2.26. The zero-order valence-electron chi connectivity index (χ0n) is 14.8. The summed E-state index contributed by atoms with van der Waals surface area (Å²) >= 11 is 1.35. The molecule has 9 nitrogen and oxygen atoms in total. The van der Waals surface area contributed by atoms with Crippen LogP contribution in [-0.4, -0.2) is 28.2 Å². The highest BCUT2D eigenvalue weighted by atomic mass is 32.2. The van der Waals surface area contributed by atoms with Crippen molar-refractivity contribution < 1.29 is 8.42 Å². The number of H-pyrrole nitrogens is 2. The summed E-state index contributed by atoms with van der Waals surface area (Å²) in [5.74, 6) is 0. The van der Waals surface area contributed by atoms with Crippen LogP contribution in [0.5, 0.6) is 0 Å². The van der Waals surface area contributed by atoms with Crippen LogP contribution in [0.3, 0.4) is 0 Å². The highest BCUT2D eigenvalue weighted by molar-refractivity contribution is 7.92. The predicted molar refractivity (Wildman–Crippen MR) is 110 cm³/mol. The molecular formula is C18H15N5O4S2. The van der Waals surface area contributed by atoms with Crippen LogP contribution in [0.2, 0.25) is 0 Å². The lowest BCUT2D eigenvalue weighted by atomic mass is 10.2. The molecule has 0 fully saturated rings. The van der Waals surface area contributed by atoms with Crippen LogP contribution in [0.15, 0.2) is 74.7 Å². The van der Waals surface area contributed by atoms with Gasteiger partial charge in [0.2, 0.25) is 0 Å². The van der Waals surface area contributed by atoms with Gasteiger partial charge in [0.1, 0.15) is 16.3 Å². The zero-order valence-corrected chi connectivity index (χ0v) is 16.5. The van der Waals surface area contributed by atoms with E-state index < -0.39 is 21.3 Å². The smallest absolute Gasteiger partial charge is 0.312 e. The van der Waals surface area contributed by atoms with E-state index in [1.807, 2.05) is 40.7 Å². The molecule has 0 amide bonds. The summed E-state index contributed by atoms with van der Waals surface area (Å²) in [5, 5.41) is 6.28. The first-order valence-corrected chi connectivity index (χ1v) is 10.8. The third-order valence-corrected chi connectivity index (χ3v) is 6.27. The molecule has 0 saturated heterocycles. The van der Waals surface area contributed by atoms with Crippen molar-refractivity contribution in [2.75, 3.05) is 4.72 Å². The quantitative estimate of drug-likeness (QED) is 0.431. The fraction of sp³-hybridized carbons (Fsp3) is 0.0556. The number of sulfonamides is 1. The SMILES string of the molecule is O=c1[nH]cc(NS(=O)(=O)c2cn(Cc3ccccc3)nc2-c2cccs2)c(=O)[nH]1. The van der Waals surface area contributed by atoms with Gasteiger partial charge in [0.15, 0.2) is 0 Å². The third-order valence-electron chi connectivity index (χ3n) is 4.02.